The molecule has 4 atom stereocenters. The maximum absolute atomic E-state index is 13.1. The number of aliphatic hydroxyl groups excluding tert-OH is 3. The number of aliphatic hydroxyl groups is 3. The lowest BCUT2D eigenvalue weighted by molar-refractivity contribution is -0.130. The van der Waals surface area contributed by atoms with Crippen LogP contribution in [-0.2, 0) is 9.53 Å². The van der Waals surface area contributed by atoms with Crippen LogP contribution in [0.25, 0.3) is 0 Å². The van der Waals surface area contributed by atoms with E-state index in [4.69, 9.17) is 4.74 Å². The van der Waals surface area contributed by atoms with E-state index in [9.17, 15) is 24.9 Å². The summed E-state index contributed by atoms with van der Waals surface area (Å²) in [4.78, 5) is 27.0. The maximum Gasteiger partial charge on any atom is 0.410 e. The Hall–Kier alpha value is -2.16. The Bertz CT molecular complexity index is 675. The molecule has 4 N–H and O–H groups in total. The van der Waals surface area contributed by atoms with Crippen LogP contribution in [0.3, 0.4) is 0 Å². The number of carbonyl (C=O) groups excluding carboxylic acids is 2. The molecule has 0 aliphatic carbocycles. The molecule has 8 nitrogen and oxygen atoms in total. The van der Waals surface area contributed by atoms with Gasteiger partial charge in [0.05, 0.1) is 24.9 Å². The summed E-state index contributed by atoms with van der Waals surface area (Å²) >= 11 is 0. The van der Waals surface area contributed by atoms with Crippen LogP contribution in [0.1, 0.15) is 51.6 Å². The zero-order valence-electron chi connectivity index (χ0n) is 17.2. The highest BCUT2D eigenvalue weighted by Crippen LogP contribution is 2.24. The predicted molar refractivity (Wildman–Crippen MR) is 107 cm³/mol. The van der Waals surface area contributed by atoms with Crippen LogP contribution in [0, 0.1) is 0 Å². The highest BCUT2D eigenvalue weighted by atomic mass is 16.6. The summed E-state index contributed by atoms with van der Waals surface area (Å²) in [6.07, 6.45) is -1.70. The molecule has 1 heterocycles. The second kappa shape index (κ2) is 10.0. The smallest absolute Gasteiger partial charge is 0.410 e. The van der Waals surface area contributed by atoms with Crippen molar-refractivity contribution in [2.75, 3.05) is 13.2 Å². The van der Waals surface area contributed by atoms with Crippen LogP contribution in [0.15, 0.2) is 30.3 Å². The molecule has 1 aromatic carbocycles. The van der Waals surface area contributed by atoms with Crippen molar-refractivity contribution in [2.45, 2.75) is 69.9 Å². The highest BCUT2D eigenvalue weighted by molar-refractivity contribution is 5.86. The molecule has 1 aliphatic heterocycles. The van der Waals surface area contributed by atoms with Gasteiger partial charge in [0, 0.05) is 13.0 Å². The largest absolute Gasteiger partial charge is 0.444 e. The predicted octanol–water partition coefficient (Wildman–Crippen LogP) is 1.35. The molecular formula is C21H32N2O6. The van der Waals surface area contributed by atoms with Crippen molar-refractivity contribution in [1.29, 1.82) is 0 Å². The van der Waals surface area contributed by atoms with E-state index in [1.54, 1.807) is 20.8 Å². The molecule has 1 aromatic rings. The van der Waals surface area contributed by atoms with E-state index in [2.05, 4.69) is 5.32 Å². The van der Waals surface area contributed by atoms with Crippen LogP contribution in [0.4, 0.5) is 4.79 Å². The molecule has 0 spiro atoms. The number of amides is 2. The van der Waals surface area contributed by atoms with Gasteiger partial charge in [0.2, 0.25) is 5.91 Å². The summed E-state index contributed by atoms with van der Waals surface area (Å²) in [5.74, 6) is -0.436. The van der Waals surface area contributed by atoms with Crippen molar-refractivity contribution in [3.05, 3.63) is 35.9 Å². The van der Waals surface area contributed by atoms with Gasteiger partial charge in [-0.05, 0) is 39.2 Å². The molecule has 0 saturated carbocycles. The van der Waals surface area contributed by atoms with Gasteiger partial charge in [-0.3, -0.25) is 9.69 Å². The first-order chi connectivity index (χ1) is 13.6. The molecule has 1 saturated heterocycles. The zero-order chi connectivity index (χ0) is 21.6. The van der Waals surface area contributed by atoms with Crippen LogP contribution in [0.5, 0.6) is 0 Å². The monoisotopic (exact) mass is 408 g/mol. The number of carbonyl (C=O) groups is 2. The van der Waals surface area contributed by atoms with Crippen LogP contribution >= 0.6 is 0 Å². The summed E-state index contributed by atoms with van der Waals surface area (Å²) in [5.41, 5.74) is 0.0694. The fourth-order valence-electron chi connectivity index (χ4n) is 3.31. The fourth-order valence-corrected chi connectivity index (χ4v) is 3.31. The normalized spacial score (nSPS) is 21.9. The number of benzene rings is 1. The molecule has 1 fully saturated rings. The Labute approximate surface area is 171 Å². The van der Waals surface area contributed by atoms with Crippen molar-refractivity contribution in [2.24, 2.45) is 0 Å². The number of hydrogen-bond acceptors (Lipinski definition) is 6. The van der Waals surface area contributed by atoms with Crippen molar-refractivity contribution in [1.82, 2.24) is 10.2 Å². The van der Waals surface area contributed by atoms with E-state index in [1.807, 2.05) is 30.3 Å². The first-order valence-electron chi connectivity index (χ1n) is 9.92. The van der Waals surface area contributed by atoms with Crippen molar-refractivity contribution >= 4 is 12.0 Å². The Morgan fingerprint density at radius 3 is 2.52 bits per heavy atom. The van der Waals surface area contributed by atoms with Gasteiger partial charge in [-0.2, -0.15) is 0 Å². The molecule has 1 aliphatic rings. The molecular weight excluding hydrogens is 376 g/mol. The molecule has 8 heteroatoms. The van der Waals surface area contributed by atoms with Gasteiger partial charge in [0.15, 0.2) is 0 Å². The summed E-state index contributed by atoms with van der Waals surface area (Å²) in [6.45, 7) is 5.04. The minimum absolute atomic E-state index is 0.106. The third-order valence-corrected chi connectivity index (χ3v) is 4.74. The number of nitrogens with zero attached hydrogens (tertiary/aromatic N) is 1. The average Bonchev–Trinajstić information content (AvgIpc) is 2.66. The minimum Gasteiger partial charge on any atom is -0.444 e. The van der Waals surface area contributed by atoms with Crippen molar-refractivity contribution in [3.8, 4) is 0 Å². The Morgan fingerprint density at radius 2 is 1.93 bits per heavy atom. The van der Waals surface area contributed by atoms with Crippen LogP contribution < -0.4 is 5.32 Å². The van der Waals surface area contributed by atoms with E-state index >= 15 is 0 Å². The Balaban J connectivity index is 2.18. The second-order valence-corrected chi connectivity index (χ2v) is 8.41. The van der Waals surface area contributed by atoms with Gasteiger partial charge in [-0.1, -0.05) is 30.3 Å². The second-order valence-electron chi connectivity index (χ2n) is 8.41. The van der Waals surface area contributed by atoms with Gasteiger partial charge in [-0.25, -0.2) is 4.79 Å². The summed E-state index contributed by atoms with van der Waals surface area (Å²) in [5, 5.41) is 32.0. The van der Waals surface area contributed by atoms with Crippen molar-refractivity contribution in [3.63, 3.8) is 0 Å². The lowest BCUT2D eigenvalue weighted by Crippen LogP contribution is -2.56. The quantitative estimate of drug-likeness (QED) is 0.564. The average molecular weight is 408 g/mol. The first-order valence-corrected chi connectivity index (χ1v) is 9.92. The number of ether oxygens (including phenoxy) is 1. The maximum atomic E-state index is 13.1. The van der Waals surface area contributed by atoms with E-state index < -0.39 is 48.5 Å². The molecule has 0 aromatic heterocycles. The Kier molecular flexibility index (Phi) is 8.01. The zero-order valence-corrected chi connectivity index (χ0v) is 17.2. The molecule has 3 unspecified atom stereocenters. The van der Waals surface area contributed by atoms with Gasteiger partial charge in [-0.15, -0.1) is 0 Å². The minimum atomic E-state index is -1.00. The third-order valence-electron chi connectivity index (χ3n) is 4.74. The molecule has 0 radical (unpaired) electrons. The van der Waals surface area contributed by atoms with E-state index in [1.165, 1.54) is 4.90 Å². The summed E-state index contributed by atoms with van der Waals surface area (Å²) in [6, 6.07) is 7.67. The SMILES string of the molecule is CC(C)(C)OC(=O)N1CCC(O)CC1C(=O)N[C@@H](CC(O)CO)c1ccccc1. The molecule has 2 rings (SSSR count). The van der Waals surface area contributed by atoms with Gasteiger partial charge in [0.1, 0.15) is 11.6 Å². The molecule has 29 heavy (non-hydrogen) atoms. The topological polar surface area (TPSA) is 119 Å². The van der Waals surface area contributed by atoms with Gasteiger partial charge in [0.25, 0.3) is 0 Å². The lowest BCUT2D eigenvalue weighted by atomic mass is 9.96. The number of hydrogen-bond donors (Lipinski definition) is 4. The van der Waals surface area contributed by atoms with Crippen LogP contribution in [-0.4, -0.2) is 69.2 Å². The number of nitrogens with one attached hydrogen (secondary N) is 1. The van der Waals surface area contributed by atoms with Crippen molar-refractivity contribution < 1.29 is 29.6 Å². The van der Waals surface area contributed by atoms with Gasteiger partial charge >= 0.3 is 6.09 Å². The summed E-state index contributed by atoms with van der Waals surface area (Å²) < 4.78 is 5.42. The fraction of sp³-hybridized carbons (Fsp3) is 0.619. The molecule has 162 valence electrons. The highest BCUT2D eigenvalue weighted by Gasteiger charge is 2.38. The molecule has 0 bridgehead atoms. The summed E-state index contributed by atoms with van der Waals surface area (Å²) in [7, 11) is 0. The van der Waals surface area contributed by atoms with Crippen LogP contribution in [0.2, 0.25) is 0 Å². The third kappa shape index (κ3) is 6.99. The number of piperidine rings is 1. The van der Waals surface area contributed by atoms with E-state index in [-0.39, 0.29) is 19.4 Å². The van der Waals surface area contributed by atoms with Gasteiger partial charge < -0.3 is 25.4 Å². The standard InChI is InChI=1S/C21H32N2O6/c1-21(2,3)29-20(28)23-10-9-15(25)12-18(23)19(27)22-17(11-16(26)13-24)14-7-5-4-6-8-14/h4-8,15-18,24-26H,9-13H2,1-3H3,(H,22,27)/t15?,16?,17-,18?/m0/s1. The molecule has 2 amide bonds. The Morgan fingerprint density at radius 1 is 1.28 bits per heavy atom. The lowest BCUT2D eigenvalue weighted by Gasteiger charge is -2.38. The van der Waals surface area contributed by atoms with E-state index in [0.717, 1.165) is 5.56 Å². The number of rotatable bonds is 6. The number of likely N-dealkylation sites (tertiary alicyclic amines) is 1. The van der Waals surface area contributed by atoms with E-state index in [0.29, 0.717) is 6.42 Å². The first kappa shape index (κ1) is 23.1.